The van der Waals surface area contributed by atoms with E-state index in [1.165, 1.54) is 39.2 Å². The van der Waals surface area contributed by atoms with Gasteiger partial charge in [0.2, 0.25) is 0 Å². The van der Waals surface area contributed by atoms with Crippen molar-refractivity contribution >= 4 is 34.1 Å². The number of benzene rings is 7. The van der Waals surface area contributed by atoms with Gasteiger partial charge >= 0.3 is 0 Å². The second-order valence-electron chi connectivity index (χ2n) is 14.6. The molecule has 0 fully saturated rings. The third-order valence-corrected chi connectivity index (χ3v) is 10.9. The van der Waals surface area contributed by atoms with Crippen LogP contribution in [0.5, 0.6) is 0 Å². The lowest BCUT2D eigenvalue weighted by Crippen LogP contribution is -2.04. The number of fused-ring (bicyclic) bond motifs is 3. The maximum atomic E-state index is 5.12. The van der Waals surface area contributed by atoms with Crippen molar-refractivity contribution in [2.24, 2.45) is 4.99 Å². The molecule has 3 aromatic heterocycles. The van der Waals surface area contributed by atoms with Crippen LogP contribution in [0.25, 0.3) is 101 Å². The molecule has 0 N–H and O–H groups in total. The van der Waals surface area contributed by atoms with Crippen molar-refractivity contribution in [2.45, 2.75) is 0 Å². The summed E-state index contributed by atoms with van der Waals surface area (Å²) in [5, 5.41) is 2.35. The predicted molar refractivity (Wildman–Crippen MR) is 252 cm³/mol. The summed E-state index contributed by atoms with van der Waals surface area (Å²) in [7, 11) is 0. The third-order valence-electron chi connectivity index (χ3n) is 10.9. The Labute approximate surface area is 354 Å². The number of hydrogen-bond donors (Lipinski definition) is 0. The Morgan fingerprint density at radius 2 is 0.918 bits per heavy atom. The van der Waals surface area contributed by atoms with Gasteiger partial charge in [-0.2, -0.15) is 0 Å². The van der Waals surface area contributed by atoms with E-state index in [0.29, 0.717) is 17.5 Å². The summed E-state index contributed by atoms with van der Waals surface area (Å²) >= 11 is 0. The number of rotatable bonds is 10. The first kappa shape index (κ1) is 37.0. The number of nitrogens with zero attached hydrogens (tertiary/aromatic N) is 6. The van der Waals surface area contributed by atoms with Crippen LogP contribution in [0, 0.1) is 0 Å². The molecule has 0 radical (unpaired) electrons. The van der Waals surface area contributed by atoms with E-state index in [4.69, 9.17) is 15.0 Å². The molecule has 10 aromatic rings. The molecule has 6 heteroatoms. The van der Waals surface area contributed by atoms with Crippen LogP contribution in [0.15, 0.2) is 218 Å². The largest absolute Gasteiger partial charge is 0.308 e. The molecule has 10 rings (SSSR count). The second-order valence-corrected chi connectivity index (χ2v) is 14.6. The van der Waals surface area contributed by atoms with Gasteiger partial charge in [0.1, 0.15) is 0 Å². The van der Waals surface area contributed by atoms with Gasteiger partial charge in [-0.05, 0) is 94.1 Å². The highest BCUT2D eigenvalue weighted by atomic mass is 15.0. The molecule has 0 aliphatic heterocycles. The van der Waals surface area contributed by atoms with Crippen LogP contribution in [0.4, 0.5) is 0 Å². The van der Waals surface area contributed by atoms with E-state index in [0.717, 1.165) is 50.1 Å². The standard InChI is InChI=1S/C55H38N6/c1-2-56-31-15-24-52-58-54(42-29-32-57-33-30-42)60-55(59-52)45-36-46(40-20-11-5-12-21-40)53(47(37-45)41-22-13-6-14-23-41)61-50-27-25-43(38-16-7-3-8-17-38)34-48(50)49-35-44(26-28-51(49)61)39-18-9-4-10-19-39/h2-37H,1H2/b24-15+,56-31-. The van der Waals surface area contributed by atoms with Crippen molar-refractivity contribution in [1.29, 1.82) is 0 Å². The third kappa shape index (κ3) is 7.35. The van der Waals surface area contributed by atoms with E-state index < -0.39 is 0 Å². The first-order valence-corrected chi connectivity index (χ1v) is 20.2. The molecule has 0 aliphatic rings. The summed E-state index contributed by atoms with van der Waals surface area (Å²) in [6.45, 7) is 3.69. The first-order valence-electron chi connectivity index (χ1n) is 20.2. The molecule has 0 spiro atoms. The summed E-state index contributed by atoms with van der Waals surface area (Å²) < 4.78 is 2.45. The van der Waals surface area contributed by atoms with Gasteiger partial charge in [0.15, 0.2) is 17.5 Å². The Morgan fingerprint density at radius 1 is 0.443 bits per heavy atom. The number of allylic oxidation sites excluding steroid dienone is 1. The molecule has 0 saturated heterocycles. The van der Waals surface area contributed by atoms with Crippen molar-refractivity contribution in [1.82, 2.24) is 24.5 Å². The van der Waals surface area contributed by atoms with Crippen LogP contribution in [0.1, 0.15) is 5.82 Å². The van der Waals surface area contributed by atoms with Crippen molar-refractivity contribution in [3.8, 4) is 73.0 Å². The van der Waals surface area contributed by atoms with Gasteiger partial charge in [-0.25, -0.2) is 15.0 Å². The highest BCUT2D eigenvalue weighted by Crippen LogP contribution is 2.45. The summed E-state index contributed by atoms with van der Waals surface area (Å²) in [4.78, 5) is 23.4. The maximum Gasteiger partial charge on any atom is 0.164 e. The average molecular weight is 783 g/mol. The Bertz CT molecular complexity index is 3070. The highest BCUT2D eigenvalue weighted by Gasteiger charge is 2.23. The zero-order chi connectivity index (χ0) is 41.0. The SMILES string of the molecule is C=C/N=C\C=C\c1nc(-c2ccncc2)nc(-c2cc(-c3ccccc3)c(-n3c4ccc(-c5ccccc5)cc4c4cc(-c5ccccc5)ccc43)c(-c3ccccc3)c2)n1. The minimum Gasteiger partial charge on any atom is -0.308 e. The van der Waals surface area contributed by atoms with Gasteiger partial charge in [-0.15, -0.1) is 0 Å². The van der Waals surface area contributed by atoms with E-state index >= 15 is 0 Å². The molecule has 0 unspecified atom stereocenters. The zero-order valence-corrected chi connectivity index (χ0v) is 33.2. The van der Waals surface area contributed by atoms with Crippen LogP contribution in [-0.4, -0.2) is 30.7 Å². The topological polar surface area (TPSA) is 68.8 Å². The van der Waals surface area contributed by atoms with Gasteiger partial charge in [-0.3, -0.25) is 9.98 Å². The molecule has 6 nitrogen and oxygen atoms in total. The Hall–Kier alpha value is -8.35. The second kappa shape index (κ2) is 16.5. The lowest BCUT2D eigenvalue weighted by atomic mass is 9.92. The van der Waals surface area contributed by atoms with Gasteiger partial charge in [-0.1, -0.05) is 140 Å². The van der Waals surface area contributed by atoms with Crippen molar-refractivity contribution in [2.75, 3.05) is 0 Å². The van der Waals surface area contributed by atoms with Crippen LogP contribution in [0.3, 0.4) is 0 Å². The molecule has 0 saturated carbocycles. The van der Waals surface area contributed by atoms with E-state index in [9.17, 15) is 0 Å². The number of aromatic nitrogens is 5. The molecular weight excluding hydrogens is 745 g/mol. The fraction of sp³-hybridized carbons (Fsp3) is 0. The number of pyridine rings is 1. The van der Waals surface area contributed by atoms with Gasteiger partial charge < -0.3 is 4.57 Å². The summed E-state index contributed by atoms with van der Waals surface area (Å²) in [6.07, 6.45) is 10.3. The summed E-state index contributed by atoms with van der Waals surface area (Å²) in [6, 6.07) is 64.4. The van der Waals surface area contributed by atoms with Crippen LogP contribution in [-0.2, 0) is 0 Å². The molecule has 0 atom stereocenters. The monoisotopic (exact) mass is 782 g/mol. The summed E-state index contributed by atoms with van der Waals surface area (Å²) in [5.74, 6) is 1.60. The molecule has 0 bridgehead atoms. The van der Waals surface area contributed by atoms with Crippen LogP contribution >= 0.6 is 0 Å². The Balaban J connectivity index is 1.29. The van der Waals surface area contributed by atoms with Crippen molar-refractivity contribution < 1.29 is 0 Å². The van der Waals surface area contributed by atoms with Gasteiger partial charge in [0.25, 0.3) is 0 Å². The van der Waals surface area contributed by atoms with Crippen molar-refractivity contribution in [3.63, 3.8) is 0 Å². The minimum atomic E-state index is 0.504. The normalized spacial score (nSPS) is 11.5. The van der Waals surface area contributed by atoms with Gasteiger partial charge in [0, 0.05) is 57.8 Å². The number of hydrogen-bond acceptors (Lipinski definition) is 5. The first-order chi connectivity index (χ1) is 30.2. The Kier molecular flexibility index (Phi) is 9.99. The Morgan fingerprint density at radius 3 is 1.41 bits per heavy atom. The molecule has 7 aromatic carbocycles. The lowest BCUT2D eigenvalue weighted by molar-refractivity contribution is 1.04. The van der Waals surface area contributed by atoms with E-state index in [2.05, 4.69) is 191 Å². The van der Waals surface area contributed by atoms with E-state index in [1.54, 1.807) is 24.7 Å². The van der Waals surface area contributed by atoms with Crippen molar-refractivity contribution in [3.05, 3.63) is 219 Å². The van der Waals surface area contributed by atoms with Gasteiger partial charge in [0.05, 0.1) is 16.7 Å². The zero-order valence-electron chi connectivity index (χ0n) is 33.2. The highest BCUT2D eigenvalue weighted by molar-refractivity contribution is 6.13. The minimum absolute atomic E-state index is 0.504. The molecule has 61 heavy (non-hydrogen) atoms. The fourth-order valence-corrected chi connectivity index (χ4v) is 8.03. The van der Waals surface area contributed by atoms with Crippen LogP contribution in [0.2, 0.25) is 0 Å². The maximum absolute atomic E-state index is 5.12. The summed E-state index contributed by atoms with van der Waals surface area (Å²) in [5.41, 5.74) is 13.9. The van der Waals surface area contributed by atoms with E-state index in [1.807, 2.05) is 18.2 Å². The van der Waals surface area contributed by atoms with E-state index in [-0.39, 0.29) is 0 Å². The fourth-order valence-electron chi connectivity index (χ4n) is 8.03. The predicted octanol–water partition coefficient (Wildman–Crippen LogP) is 13.6. The smallest absolute Gasteiger partial charge is 0.164 e. The molecule has 3 heterocycles. The molecular formula is C55H38N6. The molecule has 0 aliphatic carbocycles. The number of aliphatic imine (C=N–C) groups is 1. The average Bonchev–Trinajstić information content (AvgIpc) is 3.66. The molecule has 288 valence electrons. The molecule has 0 amide bonds. The van der Waals surface area contributed by atoms with Crippen LogP contribution < -0.4 is 0 Å². The quantitative estimate of drug-likeness (QED) is 0.130. The lowest BCUT2D eigenvalue weighted by Gasteiger charge is -2.21.